The lowest BCUT2D eigenvalue weighted by Crippen LogP contribution is -2.22. The number of rotatable bonds is 4. The van der Waals surface area contributed by atoms with Crippen molar-refractivity contribution in [1.29, 1.82) is 0 Å². The minimum atomic E-state index is -0.458. The van der Waals surface area contributed by atoms with Gasteiger partial charge in [-0.25, -0.2) is 0 Å². The number of benzene rings is 2. The molecule has 0 bridgehead atoms. The Morgan fingerprint density at radius 2 is 1.75 bits per heavy atom. The van der Waals surface area contributed by atoms with Crippen molar-refractivity contribution in [2.24, 2.45) is 0 Å². The van der Waals surface area contributed by atoms with E-state index in [9.17, 15) is 9.59 Å². The summed E-state index contributed by atoms with van der Waals surface area (Å²) >= 11 is 1.61. The number of hydrogen-bond donors (Lipinski definition) is 2. The summed E-state index contributed by atoms with van der Waals surface area (Å²) in [5.41, 5.74) is 5.95. The van der Waals surface area contributed by atoms with Gasteiger partial charge in [0.15, 0.2) is 5.78 Å². The van der Waals surface area contributed by atoms with Crippen molar-refractivity contribution in [2.45, 2.75) is 26.4 Å². The fraction of sp³-hybridized carbons (Fsp3) is 0.154. The average molecular weight is 442 g/mol. The number of anilines is 2. The van der Waals surface area contributed by atoms with Crippen molar-refractivity contribution < 1.29 is 9.59 Å². The summed E-state index contributed by atoms with van der Waals surface area (Å²) in [6, 6.07) is 18.5. The van der Waals surface area contributed by atoms with Crippen LogP contribution < -0.4 is 10.6 Å². The maximum Gasteiger partial charge on any atom is 0.256 e. The second kappa shape index (κ2) is 8.13. The van der Waals surface area contributed by atoms with E-state index in [1.165, 1.54) is 5.56 Å². The number of ketones is 1. The number of nitrogens with one attached hydrogen (secondary N) is 2. The van der Waals surface area contributed by atoms with Crippen molar-refractivity contribution in [1.82, 2.24) is 4.57 Å². The number of carbonyl (C=O) groups excluding carboxylic acids is 2. The summed E-state index contributed by atoms with van der Waals surface area (Å²) in [6.45, 7) is 4.61. The Labute approximate surface area is 190 Å². The van der Waals surface area contributed by atoms with Crippen LogP contribution in [0.1, 0.15) is 49.1 Å². The van der Waals surface area contributed by atoms with E-state index in [0.29, 0.717) is 16.8 Å². The molecule has 3 heterocycles. The van der Waals surface area contributed by atoms with Crippen molar-refractivity contribution in [2.75, 3.05) is 10.6 Å². The minimum Gasteiger partial charge on any atom is -0.362 e. The van der Waals surface area contributed by atoms with Crippen LogP contribution in [-0.2, 0) is 6.54 Å². The number of aryl methyl sites for hydroxylation is 2. The van der Waals surface area contributed by atoms with Gasteiger partial charge in [0.2, 0.25) is 0 Å². The van der Waals surface area contributed by atoms with Crippen molar-refractivity contribution in [3.8, 4) is 0 Å². The van der Waals surface area contributed by atoms with Crippen LogP contribution in [0.4, 0.5) is 10.7 Å². The lowest BCUT2D eigenvalue weighted by molar-refractivity contribution is 0.0966. The molecule has 6 heteroatoms. The Balaban J connectivity index is 1.38. The number of aromatic nitrogens is 1. The topological polar surface area (TPSA) is 63.1 Å². The molecule has 1 amide bonds. The molecule has 2 N–H and O–H groups in total. The molecule has 5 nitrogen and oxygen atoms in total. The molecule has 2 aromatic carbocycles. The Morgan fingerprint density at radius 3 is 2.50 bits per heavy atom. The molecule has 32 heavy (non-hydrogen) atoms. The summed E-state index contributed by atoms with van der Waals surface area (Å²) in [5, 5.41) is 9.46. The van der Waals surface area contributed by atoms with Crippen LogP contribution in [0.2, 0.25) is 0 Å². The highest BCUT2D eigenvalue weighted by Crippen LogP contribution is 2.34. The first-order valence-corrected chi connectivity index (χ1v) is 11.4. The molecule has 0 spiro atoms. The van der Waals surface area contributed by atoms with Gasteiger partial charge in [-0.15, -0.1) is 11.3 Å². The van der Waals surface area contributed by atoms with E-state index in [4.69, 9.17) is 0 Å². The number of hydrogen-bond acceptors (Lipinski definition) is 4. The molecule has 160 valence electrons. The number of thiophene rings is 1. The van der Waals surface area contributed by atoms with Crippen LogP contribution in [-0.4, -0.2) is 16.3 Å². The van der Waals surface area contributed by atoms with Gasteiger partial charge < -0.3 is 15.2 Å². The summed E-state index contributed by atoms with van der Waals surface area (Å²) < 4.78 is 2.12. The van der Waals surface area contributed by atoms with Crippen molar-refractivity contribution in [3.63, 3.8) is 0 Å². The monoisotopic (exact) mass is 441 g/mol. The molecule has 0 fully saturated rings. The van der Waals surface area contributed by atoms with E-state index >= 15 is 0 Å². The third-order valence-electron chi connectivity index (χ3n) is 5.92. The molecule has 0 radical (unpaired) electrons. The first-order chi connectivity index (χ1) is 15.5. The summed E-state index contributed by atoms with van der Waals surface area (Å²) in [6.07, 6.45) is 2.01. The van der Waals surface area contributed by atoms with E-state index in [2.05, 4.69) is 21.3 Å². The standard InChI is InChI=1S/C26H23N3O2S/c1-16-5-3-6-17(2)22(16)25(31)27-20-10-8-18(9-11-20)24(30)23-21-7-4-13-29(21)15-19-12-14-32-26(19)28-23/h3-14,23,28H,15H2,1-2H3,(H,27,31). The van der Waals surface area contributed by atoms with E-state index < -0.39 is 6.04 Å². The predicted molar refractivity (Wildman–Crippen MR) is 129 cm³/mol. The van der Waals surface area contributed by atoms with Gasteiger partial charge >= 0.3 is 0 Å². The summed E-state index contributed by atoms with van der Waals surface area (Å²) in [5.74, 6) is -0.146. The quantitative estimate of drug-likeness (QED) is 0.393. The lowest BCUT2D eigenvalue weighted by Gasteiger charge is -2.17. The molecule has 2 aromatic heterocycles. The molecular weight excluding hydrogens is 418 g/mol. The predicted octanol–water partition coefficient (Wildman–Crippen LogP) is 5.82. The first kappa shape index (κ1) is 20.3. The number of amides is 1. The Hall–Kier alpha value is -3.64. The maximum absolute atomic E-state index is 13.4. The molecule has 4 aromatic rings. The zero-order valence-corrected chi connectivity index (χ0v) is 18.7. The van der Waals surface area contributed by atoms with Gasteiger partial charge in [0.05, 0.1) is 11.5 Å². The number of Topliss-reactive ketones (excluding diaryl/α,β-unsaturated/α-hetero) is 1. The third kappa shape index (κ3) is 3.63. The minimum absolute atomic E-state index is 0.00109. The average Bonchev–Trinajstić information content (AvgIpc) is 3.39. The molecule has 1 aliphatic rings. The fourth-order valence-electron chi connectivity index (χ4n) is 4.26. The number of fused-ring (bicyclic) bond motifs is 2. The zero-order valence-electron chi connectivity index (χ0n) is 17.9. The second-order valence-electron chi connectivity index (χ2n) is 8.08. The first-order valence-electron chi connectivity index (χ1n) is 10.5. The molecule has 1 unspecified atom stereocenters. The summed E-state index contributed by atoms with van der Waals surface area (Å²) in [4.78, 5) is 26.2. The normalized spacial score (nSPS) is 14.6. The highest BCUT2D eigenvalue weighted by atomic mass is 32.1. The smallest absolute Gasteiger partial charge is 0.256 e. The molecule has 1 aliphatic heterocycles. The Kier molecular flexibility index (Phi) is 5.15. The van der Waals surface area contributed by atoms with Gasteiger partial charge in [-0.05, 0) is 72.8 Å². The van der Waals surface area contributed by atoms with Crippen LogP contribution in [0.25, 0.3) is 0 Å². The highest BCUT2D eigenvalue weighted by Gasteiger charge is 2.28. The number of carbonyl (C=O) groups is 2. The molecule has 0 saturated heterocycles. The SMILES string of the molecule is Cc1cccc(C)c1C(=O)Nc1ccc(C(=O)C2Nc3sccc3Cn3cccc32)cc1. The maximum atomic E-state index is 13.4. The molecule has 0 aliphatic carbocycles. The second-order valence-corrected chi connectivity index (χ2v) is 8.99. The zero-order chi connectivity index (χ0) is 22.2. The van der Waals surface area contributed by atoms with Gasteiger partial charge in [0.25, 0.3) is 5.91 Å². The molecule has 5 rings (SSSR count). The molecule has 0 saturated carbocycles. The van der Waals surface area contributed by atoms with E-state index in [-0.39, 0.29) is 11.7 Å². The van der Waals surface area contributed by atoms with Crippen LogP contribution in [0.3, 0.4) is 0 Å². The van der Waals surface area contributed by atoms with Gasteiger partial charge in [-0.3, -0.25) is 9.59 Å². The van der Waals surface area contributed by atoms with Gasteiger partial charge in [-0.2, -0.15) is 0 Å². The third-order valence-corrected chi connectivity index (χ3v) is 6.81. The van der Waals surface area contributed by atoms with Gasteiger partial charge in [-0.1, -0.05) is 18.2 Å². The van der Waals surface area contributed by atoms with E-state index in [1.54, 1.807) is 35.6 Å². The van der Waals surface area contributed by atoms with Crippen LogP contribution in [0.5, 0.6) is 0 Å². The van der Waals surface area contributed by atoms with Crippen molar-refractivity contribution in [3.05, 3.63) is 106 Å². The Bertz CT molecular complexity index is 1300. The van der Waals surface area contributed by atoms with Crippen molar-refractivity contribution >= 4 is 33.7 Å². The molecule has 1 atom stereocenters. The number of nitrogens with zero attached hydrogens (tertiary/aromatic N) is 1. The lowest BCUT2D eigenvalue weighted by atomic mass is 10.0. The largest absolute Gasteiger partial charge is 0.362 e. The van der Waals surface area contributed by atoms with Gasteiger partial charge in [0.1, 0.15) is 6.04 Å². The molecular formula is C26H23N3O2S. The highest BCUT2D eigenvalue weighted by molar-refractivity contribution is 7.14. The van der Waals surface area contributed by atoms with Crippen LogP contribution in [0, 0.1) is 13.8 Å². The van der Waals surface area contributed by atoms with Crippen LogP contribution in [0.15, 0.2) is 72.2 Å². The fourth-order valence-corrected chi connectivity index (χ4v) is 5.10. The van der Waals surface area contributed by atoms with E-state index in [1.807, 2.05) is 55.8 Å². The summed E-state index contributed by atoms with van der Waals surface area (Å²) in [7, 11) is 0. The Morgan fingerprint density at radius 1 is 1.00 bits per heavy atom. The van der Waals surface area contributed by atoms with E-state index in [0.717, 1.165) is 28.4 Å². The van der Waals surface area contributed by atoms with Gasteiger partial charge in [0, 0.05) is 34.3 Å². The van der Waals surface area contributed by atoms with Crippen LogP contribution >= 0.6 is 11.3 Å².